The van der Waals surface area contributed by atoms with Crippen LogP contribution in [0.4, 0.5) is 5.69 Å². The van der Waals surface area contributed by atoms with Crippen LogP contribution in [0.3, 0.4) is 0 Å². The summed E-state index contributed by atoms with van der Waals surface area (Å²) in [6.45, 7) is 0.761. The average molecular weight is 381 g/mol. The molecule has 1 aromatic carbocycles. The fourth-order valence-electron chi connectivity index (χ4n) is 4.08. The number of carbonyl (C=O) groups is 3. The van der Waals surface area contributed by atoms with Crippen molar-refractivity contribution in [2.45, 2.75) is 38.6 Å². The summed E-state index contributed by atoms with van der Waals surface area (Å²) in [4.78, 5) is 42.4. The Morgan fingerprint density at radius 3 is 2.36 bits per heavy atom. The van der Waals surface area contributed by atoms with Gasteiger partial charge in [0.15, 0.2) is 0 Å². The minimum absolute atomic E-state index is 0.0973. The lowest BCUT2D eigenvalue weighted by molar-refractivity contribution is -0.140. The lowest BCUT2D eigenvalue weighted by Gasteiger charge is -2.19. The van der Waals surface area contributed by atoms with Crippen LogP contribution in [0.2, 0.25) is 0 Å². The summed E-state index contributed by atoms with van der Waals surface area (Å²) >= 11 is 0. The Labute approximate surface area is 162 Å². The minimum Gasteiger partial charge on any atom is -0.326 e. The SMILES string of the molecule is O=C(CCN1C(=O)C2CCCCC2C1=O)Nc1ccc(Cn2cncn2)cc1. The van der Waals surface area contributed by atoms with Crippen LogP contribution in [0.5, 0.6) is 0 Å². The second kappa shape index (κ2) is 7.92. The molecule has 0 bridgehead atoms. The van der Waals surface area contributed by atoms with Crippen LogP contribution in [0, 0.1) is 11.8 Å². The Morgan fingerprint density at radius 2 is 1.75 bits per heavy atom. The van der Waals surface area contributed by atoms with Crippen LogP contribution in [0.15, 0.2) is 36.9 Å². The van der Waals surface area contributed by atoms with E-state index < -0.39 is 0 Å². The first-order valence-corrected chi connectivity index (χ1v) is 9.68. The predicted octanol–water partition coefficient (Wildman–Crippen LogP) is 1.83. The molecular weight excluding hydrogens is 358 g/mol. The van der Waals surface area contributed by atoms with Gasteiger partial charge in [-0.3, -0.25) is 19.3 Å². The number of benzene rings is 1. The first-order chi connectivity index (χ1) is 13.6. The van der Waals surface area contributed by atoms with Gasteiger partial charge in [-0.15, -0.1) is 0 Å². The summed E-state index contributed by atoms with van der Waals surface area (Å²) in [7, 11) is 0. The molecule has 0 spiro atoms. The number of amides is 3. The summed E-state index contributed by atoms with van der Waals surface area (Å²) < 4.78 is 1.72. The fourth-order valence-corrected chi connectivity index (χ4v) is 4.08. The monoisotopic (exact) mass is 381 g/mol. The standard InChI is InChI=1S/C20H23N5O3/c26-18(9-10-25-19(27)16-3-1-2-4-17(16)20(25)28)23-15-7-5-14(6-8-15)11-24-13-21-12-22-24/h5-8,12-13,16-17H,1-4,9-11H2,(H,23,26). The van der Waals surface area contributed by atoms with Gasteiger partial charge in [0.2, 0.25) is 17.7 Å². The Kier molecular flexibility index (Phi) is 5.18. The van der Waals surface area contributed by atoms with E-state index in [2.05, 4.69) is 15.4 Å². The van der Waals surface area contributed by atoms with Crippen molar-refractivity contribution in [2.24, 2.45) is 11.8 Å². The number of fused-ring (bicyclic) bond motifs is 1. The zero-order valence-electron chi connectivity index (χ0n) is 15.6. The van der Waals surface area contributed by atoms with Gasteiger partial charge in [-0.25, -0.2) is 9.67 Å². The van der Waals surface area contributed by atoms with Gasteiger partial charge in [0, 0.05) is 18.7 Å². The molecule has 2 heterocycles. The number of rotatable bonds is 6. The van der Waals surface area contributed by atoms with E-state index in [-0.39, 0.29) is 42.5 Å². The third-order valence-electron chi connectivity index (χ3n) is 5.54. The van der Waals surface area contributed by atoms with Gasteiger partial charge in [-0.05, 0) is 30.5 Å². The van der Waals surface area contributed by atoms with Crippen molar-refractivity contribution >= 4 is 23.4 Å². The van der Waals surface area contributed by atoms with Crippen LogP contribution in [-0.4, -0.2) is 43.9 Å². The maximum absolute atomic E-state index is 12.5. The summed E-state index contributed by atoms with van der Waals surface area (Å²) in [6.07, 6.45) is 6.82. The summed E-state index contributed by atoms with van der Waals surface area (Å²) in [5, 5.41) is 6.88. The molecule has 8 nitrogen and oxygen atoms in total. The molecule has 28 heavy (non-hydrogen) atoms. The van der Waals surface area contributed by atoms with E-state index in [4.69, 9.17) is 0 Å². The van der Waals surface area contributed by atoms with E-state index in [0.29, 0.717) is 12.2 Å². The van der Waals surface area contributed by atoms with Crippen molar-refractivity contribution in [2.75, 3.05) is 11.9 Å². The number of imide groups is 1. The molecule has 3 amide bonds. The molecule has 2 aliphatic rings. The van der Waals surface area contributed by atoms with Crippen molar-refractivity contribution in [1.29, 1.82) is 0 Å². The first-order valence-electron chi connectivity index (χ1n) is 9.68. The molecule has 1 N–H and O–H groups in total. The van der Waals surface area contributed by atoms with Gasteiger partial charge in [-0.1, -0.05) is 25.0 Å². The van der Waals surface area contributed by atoms with Crippen molar-refractivity contribution < 1.29 is 14.4 Å². The maximum Gasteiger partial charge on any atom is 0.233 e. The number of hydrogen-bond donors (Lipinski definition) is 1. The Bertz CT molecular complexity index is 838. The lowest BCUT2D eigenvalue weighted by atomic mass is 9.81. The number of anilines is 1. The lowest BCUT2D eigenvalue weighted by Crippen LogP contribution is -2.34. The minimum atomic E-state index is -0.209. The van der Waals surface area contributed by atoms with E-state index in [0.717, 1.165) is 31.2 Å². The average Bonchev–Trinajstić information content (AvgIpc) is 3.30. The topological polar surface area (TPSA) is 97.2 Å². The van der Waals surface area contributed by atoms with Crippen LogP contribution < -0.4 is 5.32 Å². The number of aromatic nitrogens is 3. The molecule has 2 fully saturated rings. The third kappa shape index (κ3) is 3.81. The molecule has 4 rings (SSSR count). The zero-order chi connectivity index (χ0) is 19.5. The molecule has 2 aromatic rings. The number of nitrogens with one attached hydrogen (secondary N) is 1. The Hall–Kier alpha value is -3.03. The van der Waals surface area contributed by atoms with Gasteiger partial charge in [0.05, 0.1) is 18.4 Å². The van der Waals surface area contributed by atoms with E-state index in [1.54, 1.807) is 11.0 Å². The second-order valence-corrected chi connectivity index (χ2v) is 7.41. The molecule has 1 aromatic heterocycles. The molecule has 1 saturated heterocycles. The number of likely N-dealkylation sites (tertiary alicyclic amines) is 1. The van der Waals surface area contributed by atoms with Crippen molar-refractivity contribution in [3.63, 3.8) is 0 Å². The number of nitrogens with zero attached hydrogens (tertiary/aromatic N) is 4. The van der Waals surface area contributed by atoms with Crippen molar-refractivity contribution in [1.82, 2.24) is 19.7 Å². The molecule has 1 aliphatic carbocycles. The highest BCUT2D eigenvalue weighted by Gasteiger charge is 2.47. The van der Waals surface area contributed by atoms with Gasteiger partial charge < -0.3 is 5.32 Å². The largest absolute Gasteiger partial charge is 0.326 e. The zero-order valence-corrected chi connectivity index (χ0v) is 15.6. The van der Waals surface area contributed by atoms with Gasteiger partial charge in [-0.2, -0.15) is 5.10 Å². The Morgan fingerprint density at radius 1 is 1.07 bits per heavy atom. The van der Waals surface area contributed by atoms with Crippen molar-refractivity contribution in [3.8, 4) is 0 Å². The molecule has 8 heteroatoms. The number of hydrogen-bond acceptors (Lipinski definition) is 5. The smallest absolute Gasteiger partial charge is 0.233 e. The van der Waals surface area contributed by atoms with E-state index in [1.807, 2.05) is 24.3 Å². The summed E-state index contributed by atoms with van der Waals surface area (Å²) in [5.41, 5.74) is 1.72. The second-order valence-electron chi connectivity index (χ2n) is 7.41. The summed E-state index contributed by atoms with van der Waals surface area (Å²) in [5.74, 6) is -0.733. The number of carbonyl (C=O) groups excluding carboxylic acids is 3. The highest BCUT2D eigenvalue weighted by atomic mass is 16.2. The van der Waals surface area contributed by atoms with Gasteiger partial charge in [0.25, 0.3) is 0 Å². The van der Waals surface area contributed by atoms with Crippen molar-refractivity contribution in [3.05, 3.63) is 42.5 Å². The summed E-state index contributed by atoms with van der Waals surface area (Å²) in [6, 6.07) is 7.47. The molecule has 1 aliphatic heterocycles. The highest BCUT2D eigenvalue weighted by molar-refractivity contribution is 6.05. The third-order valence-corrected chi connectivity index (χ3v) is 5.54. The maximum atomic E-state index is 12.5. The van der Waals surface area contributed by atoms with E-state index in [9.17, 15) is 14.4 Å². The molecular formula is C20H23N5O3. The molecule has 2 unspecified atom stereocenters. The van der Waals surface area contributed by atoms with Gasteiger partial charge >= 0.3 is 0 Å². The molecule has 146 valence electrons. The van der Waals surface area contributed by atoms with Crippen LogP contribution in [0.25, 0.3) is 0 Å². The first kappa shape index (κ1) is 18.3. The van der Waals surface area contributed by atoms with Crippen LogP contribution in [-0.2, 0) is 20.9 Å². The normalized spacial score (nSPS) is 21.6. The van der Waals surface area contributed by atoms with E-state index >= 15 is 0 Å². The van der Waals surface area contributed by atoms with Crippen LogP contribution >= 0.6 is 0 Å². The molecule has 2 atom stereocenters. The fraction of sp³-hybridized carbons (Fsp3) is 0.450. The quantitative estimate of drug-likeness (QED) is 0.770. The molecule has 0 radical (unpaired) electrons. The van der Waals surface area contributed by atoms with Gasteiger partial charge in [0.1, 0.15) is 12.7 Å². The predicted molar refractivity (Wildman–Crippen MR) is 101 cm³/mol. The molecule has 1 saturated carbocycles. The van der Waals surface area contributed by atoms with Crippen LogP contribution in [0.1, 0.15) is 37.7 Å². The Balaban J connectivity index is 1.28. The highest BCUT2D eigenvalue weighted by Crippen LogP contribution is 2.37. The van der Waals surface area contributed by atoms with E-state index in [1.165, 1.54) is 11.2 Å².